The van der Waals surface area contributed by atoms with Gasteiger partial charge in [0.05, 0.1) is 0 Å². The Labute approximate surface area is 130 Å². The van der Waals surface area contributed by atoms with E-state index in [9.17, 15) is 0 Å². The molecule has 1 N–H and O–H groups in total. The zero-order valence-corrected chi connectivity index (χ0v) is 14.0. The highest BCUT2D eigenvalue weighted by molar-refractivity contribution is 9.10. The molecule has 0 aliphatic carbocycles. The van der Waals surface area contributed by atoms with Gasteiger partial charge in [-0.25, -0.2) is 0 Å². The van der Waals surface area contributed by atoms with Gasteiger partial charge < -0.3 is 5.32 Å². The first-order chi connectivity index (χ1) is 9.61. The number of likely N-dealkylation sites (N-methyl/N-ethyl adjacent to an activating group) is 1. The maximum Gasteiger partial charge on any atom is 0.0363 e. The third kappa shape index (κ3) is 3.71. The fourth-order valence-electron chi connectivity index (χ4n) is 2.61. The predicted molar refractivity (Wildman–Crippen MR) is 90.2 cm³/mol. The van der Waals surface area contributed by atoms with Gasteiger partial charge >= 0.3 is 0 Å². The largest absolute Gasteiger partial charge is 0.310 e. The van der Waals surface area contributed by atoms with Gasteiger partial charge in [-0.05, 0) is 49.6 Å². The molecule has 0 fully saturated rings. The Bertz CT molecular complexity index is 577. The van der Waals surface area contributed by atoms with Gasteiger partial charge in [0.15, 0.2) is 0 Å². The monoisotopic (exact) mass is 331 g/mol. The fraction of sp³-hybridized carbons (Fsp3) is 0.333. The zero-order valence-electron chi connectivity index (χ0n) is 12.4. The molecular weight excluding hydrogens is 310 g/mol. The minimum atomic E-state index is 0.360. The van der Waals surface area contributed by atoms with E-state index in [4.69, 9.17) is 0 Å². The summed E-state index contributed by atoms with van der Waals surface area (Å²) in [7, 11) is 0. The smallest absolute Gasteiger partial charge is 0.0363 e. The maximum absolute atomic E-state index is 3.63. The molecule has 2 heteroatoms. The highest BCUT2D eigenvalue weighted by Gasteiger charge is 2.14. The SMILES string of the molecule is CCNC(Cc1cccc(C)c1)c1cccc(Br)c1C. The highest BCUT2D eigenvalue weighted by Crippen LogP contribution is 2.27. The molecule has 0 saturated heterocycles. The lowest BCUT2D eigenvalue weighted by Gasteiger charge is -2.21. The number of rotatable bonds is 5. The Morgan fingerprint density at radius 1 is 1.10 bits per heavy atom. The Morgan fingerprint density at radius 3 is 2.55 bits per heavy atom. The third-order valence-corrected chi connectivity index (χ3v) is 4.52. The van der Waals surface area contributed by atoms with Gasteiger partial charge in [0.2, 0.25) is 0 Å². The van der Waals surface area contributed by atoms with Gasteiger partial charge in [-0.2, -0.15) is 0 Å². The summed E-state index contributed by atoms with van der Waals surface area (Å²) < 4.78 is 1.18. The van der Waals surface area contributed by atoms with Crippen LogP contribution in [0.2, 0.25) is 0 Å². The van der Waals surface area contributed by atoms with Crippen LogP contribution in [0.15, 0.2) is 46.9 Å². The van der Waals surface area contributed by atoms with Gasteiger partial charge in [-0.15, -0.1) is 0 Å². The molecule has 1 nitrogen and oxygen atoms in total. The topological polar surface area (TPSA) is 12.0 Å². The van der Waals surface area contributed by atoms with Crippen molar-refractivity contribution in [2.24, 2.45) is 0 Å². The summed E-state index contributed by atoms with van der Waals surface area (Å²) in [5.41, 5.74) is 5.41. The van der Waals surface area contributed by atoms with Gasteiger partial charge in [-0.1, -0.05) is 64.8 Å². The summed E-state index contributed by atoms with van der Waals surface area (Å²) in [6.45, 7) is 7.47. The van der Waals surface area contributed by atoms with E-state index in [0.29, 0.717) is 6.04 Å². The summed E-state index contributed by atoms with van der Waals surface area (Å²) in [4.78, 5) is 0. The van der Waals surface area contributed by atoms with Crippen molar-refractivity contribution in [1.82, 2.24) is 5.32 Å². The van der Waals surface area contributed by atoms with E-state index < -0.39 is 0 Å². The Hall–Kier alpha value is -1.12. The average molecular weight is 332 g/mol. The van der Waals surface area contributed by atoms with Crippen LogP contribution in [0.25, 0.3) is 0 Å². The van der Waals surface area contributed by atoms with Crippen LogP contribution in [0.5, 0.6) is 0 Å². The van der Waals surface area contributed by atoms with Gasteiger partial charge in [0.25, 0.3) is 0 Å². The second-order valence-corrected chi connectivity index (χ2v) is 6.11. The van der Waals surface area contributed by atoms with Crippen molar-refractivity contribution >= 4 is 15.9 Å². The molecule has 2 aromatic rings. The second-order valence-electron chi connectivity index (χ2n) is 5.26. The minimum Gasteiger partial charge on any atom is -0.310 e. The molecule has 20 heavy (non-hydrogen) atoms. The van der Waals surface area contributed by atoms with E-state index in [1.807, 2.05) is 0 Å². The second kappa shape index (κ2) is 7.05. The van der Waals surface area contributed by atoms with Crippen molar-refractivity contribution in [1.29, 1.82) is 0 Å². The van der Waals surface area contributed by atoms with E-state index in [0.717, 1.165) is 13.0 Å². The van der Waals surface area contributed by atoms with Crippen molar-refractivity contribution in [3.8, 4) is 0 Å². The van der Waals surface area contributed by atoms with E-state index in [-0.39, 0.29) is 0 Å². The summed E-state index contributed by atoms with van der Waals surface area (Å²) in [5.74, 6) is 0. The molecule has 106 valence electrons. The van der Waals surface area contributed by atoms with Crippen LogP contribution in [-0.4, -0.2) is 6.54 Å². The van der Waals surface area contributed by atoms with Crippen LogP contribution in [0.3, 0.4) is 0 Å². The van der Waals surface area contributed by atoms with Gasteiger partial charge in [0, 0.05) is 10.5 Å². The van der Waals surface area contributed by atoms with Crippen LogP contribution >= 0.6 is 15.9 Å². The Balaban J connectivity index is 2.29. The number of hydrogen-bond donors (Lipinski definition) is 1. The van der Waals surface area contributed by atoms with Crippen molar-refractivity contribution < 1.29 is 0 Å². The molecule has 0 radical (unpaired) electrons. The van der Waals surface area contributed by atoms with E-state index in [1.54, 1.807) is 0 Å². The summed E-state index contributed by atoms with van der Waals surface area (Å²) in [6.07, 6.45) is 1.02. The Kier molecular flexibility index (Phi) is 5.38. The first kappa shape index (κ1) is 15.3. The highest BCUT2D eigenvalue weighted by atomic mass is 79.9. The van der Waals surface area contributed by atoms with E-state index >= 15 is 0 Å². The van der Waals surface area contributed by atoms with E-state index in [1.165, 1.54) is 26.7 Å². The molecule has 0 aliphatic rings. The van der Waals surface area contributed by atoms with Crippen molar-refractivity contribution in [3.63, 3.8) is 0 Å². The van der Waals surface area contributed by atoms with Crippen molar-refractivity contribution in [2.75, 3.05) is 6.54 Å². The number of benzene rings is 2. The van der Waals surface area contributed by atoms with Crippen LogP contribution < -0.4 is 5.32 Å². The average Bonchev–Trinajstić information content (AvgIpc) is 2.42. The molecule has 1 atom stereocenters. The summed E-state index contributed by atoms with van der Waals surface area (Å²) in [5, 5.41) is 3.61. The third-order valence-electron chi connectivity index (χ3n) is 3.66. The molecule has 0 aliphatic heterocycles. The number of nitrogens with one attached hydrogen (secondary N) is 1. The van der Waals surface area contributed by atoms with E-state index in [2.05, 4.69) is 84.5 Å². The standard InChI is InChI=1S/C18H22BrN/c1-4-20-18(12-15-8-5-7-13(2)11-15)16-9-6-10-17(19)14(16)3/h5-11,18,20H,4,12H2,1-3H3. The first-order valence-electron chi connectivity index (χ1n) is 7.15. The molecule has 0 amide bonds. The van der Waals surface area contributed by atoms with Crippen LogP contribution in [0.1, 0.15) is 35.2 Å². The first-order valence-corrected chi connectivity index (χ1v) is 7.95. The molecule has 0 spiro atoms. The molecule has 0 saturated carbocycles. The number of halogens is 1. The normalized spacial score (nSPS) is 12.4. The van der Waals surface area contributed by atoms with Gasteiger partial charge in [0.1, 0.15) is 0 Å². The molecule has 0 heterocycles. The quantitative estimate of drug-likeness (QED) is 0.816. The molecule has 1 unspecified atom stereocenters. The molecular formula is C18H22BrN. The number of aryl methyl sites for hydroxylation is 1. The zero-order chi connectivity index (χ0) is 14.5. The number of hydrogen-bond acceptors (Lipinski definition) is 1. The van der Waals surface area contributed by atoms with Crippen molar-refractivity contribution in [3.05, 3.63) is 69.2 Å². The lowest BCUT2D eigenvalue weighted by Crippen LogP contribution is -2.23. The van der Waals surface area contributed by atoms with Crippen LogP contribution in [0.4, 0.5) is 0 Å². The van der Waals surface area contributed by atoms with Gasteiger partial charge in [-0.3, -0.25) is 0 Å². The minimum absolute atomic E-state index is 0.360. The lowest BCUT2D eigenvalue weighted by molar-refractivity contribution is 0.547. The van der Waals surface area contributed by atoms with Crippen molar-refractivity contribution in [2.45, 2.75) is 33.2 Å². The fourth-order valence-corrected chi connectivity index (χ4v) is 3.00. The lowest BCUT2D eigenvalue weighted by atomic mass is 9.95. The Morgan fingerprint density at radius 2 is 1.85 bits per heavy atom. The molecule has 0 aromatic heterocycles. The maximum atomic E-state index is 3.63. The molecule has 2 aromatic carbocycles. The summed E-state index contributed by atoms with van der Waals surface area (Å²) >= 11 is 3.63. The predicted octanol–water partition coefficient (Wildman–Crippen LogP) is 4.96. The van der Waals surface area contributed by atoms with Crippen LogP contribution in [0, 0.1) is 13.8 Å². The molecule has 0 bridgehead atoms. The van der Waals surface area contributed by atoms with Crippen LogP contribution in [-0.2, 0) is 6.42 Å². The molecule has 2 rings (SSSR count). The summed E-state index contributed by atoms with van der Waals surface area (Å²) in [6, 6.07) is 15.6.